The van der Waals surface area contributed by atoms with Crippen molar-refractivity contribution in [2.45, 2.75) is 40.2 Å². The molecule has 0 saturated heterocycles. The highest BCUT2D eigenvalue weighted by molar-refractivity contribution is 6.05. The second-order valence-electron chi connectivity index (χ2n) is 6.48. The Kier molecular flexibility index (Phi) is 6.71. The maximum absolute atomic E-state index is 12.4. The van der Waals surface area contributed by atoms with Crippen LogP contribution in [0.25, 0.3) is 0 Å². The molecule has 27 heavy (non-hydrogen) atoms. The fourth-order valence-corrected chi connectivity index (χ4v) is 2.39. The number of amides is 3. The molecule has 0 aliphatic rings. The molecule has 0 saturated carbocycles. The molecule has 142 valence electrons. The summed E-state index contributed by atoms with van der Waals surface area (Å²) in [5.41, 5.74) is 3.67. The maximum Gasteiger partial charge on any atom is 0.255 e. The maximum atomic E-state index is 12.4. The number of benzene rings is 2. The summed E-state index contributed by atoms with van der Waals surface area (Å²) in [6, 6.07) is 11.9. The van der Waals surface area contributed by atoms with Crippen LogP contribution in [0.3, 0.4) is 0 Å². The molecular weight excluding hydrogens is 342 g/mol. The molecule has 0 radical (unpaired) electrons. The summed E-state index contributed by atoms with van der Waals surface area (Å²) >= 11 is 0. The molecule has 6 heteroatoms. The Labute approximate surface area is 159 Å². The number of aryl methyl sites for hydroxylation is 2. The lowest BCUT2D eigenvalue weighted by atomic mass is 10.1. The molecule has 6 nitrogen and oxygen atoms in total. The van der Waals surface area contributed by atoms with Gasteiger partial charge in [-0.1, -0.05) is 30.7 Å². The van der Waals surface area contributed by atoms with Crippen LogP contribution in [0.4, 0.5) is 11.4 Å². The first-order valence-electron chi connectivity index (χ1n) is 8.89. The Morgan fingerprint density at radius 1 is 0.963 bits per heavy atom. The Hall–Kier alpha value is -3.15. The van der Waals surface area contributed by atoms with Crippen molar-refractivity contribution in [2.75, 3.05) is 10.6 Å². The minimum Gasteiger partial charge on any atom is -0.345 e. The van der Waals surface area contributed by atoms with E-state index in [9.17, 15) is 14.4 Å². The number of anilines is 2. The van der Waals surface area contributed by atoms with E-state index in [4.69, 9.17) is 0 Å². The fraction of sp³-hybridized carbons (Fsp3) is 0.286. The van der Waals surface area contributed by atoms with Crippen molar-refractivity contribution in [3.05, 3.63) is 59.2 Å². The molecule has 0 fully saturated rings. The minimum atomic E-state index is -0.649. The van der Waals surface area contributed by atoms with Gasteiger partial charge in [-0.25, -0.2) is 0 Å². The summed E-state index contributed by atoms with van der Waals surface area (Å²) in [6.45, 7) is 7.18. The van der Waals surface area contributed by atoms with Crippen LogP contribution < -0.4 is 16.0 Å². The number of carbonyl (C=O) groups excluding carboxylic acids is 3. The standard InChI is InChI=1S/C21H25N3O3/c1-5-19(25)22-15(4)20(26)23-17-11-8-14(3)18(12-17)24-21(27)16-9-6-13(2)7-10-16/h6-12,15H,5H2,1-4H3,(H,22,25)(H,23,26)(H,24,27). The van der Waals surface area contributed by atoms with Crippen LogP contribution in [0.2, 0.25) is 0 Å². The van der Waals surface area contributed by atoms with Gasteiger partial charge in [0.15, 0.2) is 0 Å². The summed E-state index contributed by atoms with van der Waals surface area (Å²) in [7, 11) is 0. The molecule has 0 heterocycles. The van der Waals surface area contributed by atoms with Gasteiger partial charge in [-0.15, -0.1) is 0 Å². The van der Waals surface area contributed by atoms with Gasteiger partial charge in [0.2, 0.25) is 11.8 Å². The third-order valence-electron chi connectivity index (χ3n) is 4.16. The molecule has 0 aliphatic heterocycles. The monoisotopic (exact) mass is 367 g/mol. The van der Waals surface area contributed by atoms with Crippen LogP contribution in [0.1, 0.15) is 41.8 Å². The predicted octanol–water partition coefficient (Wildman–Crippen LogP) is 3.41. The largest absolute Gasteiger partial charge is 0.345 e. The molecule has 0 bridgehead atoms. The van der Waals surface area contributed by atoms with Gasteiger partial charge in [-0.3, -0.25) is 14.4 Å². The third-order valence-corrected chi connectivity index (χ3v) is 4.16. The second-order valence-corrected chi connectivity index (χ2v) is 6.48. The summed E-state index contributed by atoms with van der Waals surface area (Å²) in [6.07, 6.45) is 0.317. The normalized spacial score (nSPS) is 11.4. The highest BCUT2D eigenvalue weighted by atomic mass is 16.2. The number of hydrogen-bond donors (Lipinski definition) is 3. The summed E-state index contributed by atoms with van der Waals surface area (Å²) in [4.78, 5) is 36.1. The van der Waals surface area contributed by atoms with Crippen molar-refractivity contribution in [1.82, 2.24) is 5.32 Å². The van der Waals surface area contributed by atoms with Crippen molar-refractivity contribution in [3.63, 3.8) is 0 Å². The third kappa shape index (κ3) is 5.67. The molecule has 0 aliphatic carbocycles. The average Bonchev–Trinajstić information content (AvgIpc) is 2.64. The first kappa shape index (κ1) is 20.2. The van der Waals surface area contributed by atoms with Crippen LogP contribution in [0.15, 0.2) is 42.5 Å². The SMILES string of the molecule is CCC(=O)NC(C)C(=O)Nc1ccc(C)c(NC(=O)c2ccc(C)cc2)c1. The zero-order chi connectivity index (χ0) is 20.0. The van der Waals surface area contributed by atoms with Gasteiger partial charge < -0.3 is 16.0 Å². The van der Waals surface area contributed by atoms with Crippen molar-refractivity contribution < 1.29 is 14.4 Å². The van der Waals surface area contributed by atoms with Gasteiger partial charge in [0, 0.05) is 23.4 Å². The first-order chi connectivity index (χ1) is 12.8. The molecule has 3 N–H and O–H groups in total. The lowest BCUT2D eigenvalue weighted by Crippen LogP contribution is -2.41. The average molecular weight is 367 g/mol. The minimum absolute atomic E-state index is 0.187. The van der Waals surface area contributed by atoms with Crippen LogP contribution >= 0.6 is 0 Å². The van der Waals surface area contributed by atoms with Crippen LogP contribution in [-0.2, 0) is 9.59 Å². The van der Waals surface area contributed by atoms with Crippen molar-refractivity contribution in [2.24, 2.45) is 0 Å². The van der Waals surface area contributed by atoms with E-state index in [0.29, 0.717) is 23.4 Å². The Bertz CT molecular complexity index is 844. The Morgan fingerprint density at radius 2 is 1.63 bits per heavy atom. The number of rotatable bonds is 6. The molecule has 2 aromatic rings. The van der Waals surface area contributed by atoms with Gasteiger partial charge in [0.25, 0.3) is 5.91 Å². The van der Waals surface area contributed by atoms with E-state index in [1.807, 2.05) is 32.0 Å². The second kappa shape index (κ2) is 8.98. The predicted molar refractivity (Wildman–Crippen MR) is 107 cm³/mol. The number of carbonyl (C=O) groups is 3. The zero-order valence-electron chi connectivity index (χ0n) is 16.1. The topological polar surface area (TPSA) is 87.3 Å². The van der Waals surface area contributed by atoms with Gasteiger partial charge in [-0.2, -0.15) is 0 Å². The smallest absolute Gasteiger partial charge is 0.255 e. The van der Waals surface area contributed by atoms with E-state index in [2.05, 4.69) is 16.0 Å². The van der Waals surface area contributed by atoms with Crippen molar-refractivity contribution >= 4 is 29.1 Å². The van der Waals surface area contributed by atoms with Crippen LogP contribution in [0, 0.1) is 13.8 Å². The number of nitrogens with one attached hydrogen (secondary N) is 3. The van der Waals surface area contributed by atoms with E-state index in [1.54, 1.807) is 38.1 Å². The van der Waals surface area contributed by atoms with Crippen LogP contribution in [0.5, 0.6) is 0 Å². The highest BCUT2D eigenvalue weighted by Gasteiger charge is 2.15. The van der Waals surface area contributed by atoms with Gasteiger partial charge >= 0.3 is 0 Å². The molecule has 0 spiro atoms. The molecular formula is C21H25N3O3. The fourth-order valence-electron chi connectivity index (χ4n) is 2.39. The van der Waals surface area contributed by atoms with E-state index in [0.717, 1.165) is 11.1 Å². The molecule has 3 amide bonds. The van der Waals surface area contributed by atoms with E-state index < -0.39 is 6.04 Å². The molecule has 1 atom stereocenters. The van der Waals surface area contributed by atoms with E-state index in [-0.39, 0.29) is 17.7 Å². The quantitative estimate of drug-likeness (QED) is 0.731. The van der Waals surface area contributed by atoms with Crippen molar-refractivity contribution in [1.29, 1.82) is 0 Å². The van der Waals surface area contributed by atoms with Crippen LogP contribution in [-0.4, -0.2) is 23.8 Å². The summed E-state index contributed by atoms with van der Waals surface area (Å²) in [5.74, 6) is -0.728. The Morgan fingerprint density at radius 3 is 2.26 bits per heavy atom. The summed E-state index contributed by atoms with van der Waals surface area (Å²) in [5, 5.41) is 8.24. The van der Waals surface area contributed by atoms with Gasteiger partial charge in [-0.05, 0) is 50.6 Å². The zero-order valence-corrected chi connectivity index (χ0v) is 16.1. The first-order valence-corrected chi connectivity index (χ1v) is 8.89. The highest BCUT2D eigenvalue weighted by Crippen LogP contribution is 2.21. The molecule has 0 aromatic heterocycles. The lowest BCUT2D eigenvalue weighted by Gasteiger charge is -2.15. The molecule has 2 aromatic carbocycles. The van der Waals surface area contributed by atoms with Crippen molar-refractivity contribution in [3.8, 4) is 0 Å². The Balaban J connectivity index is 2.09. The molecule has 1 unspecified atom stereocenters. The van der Waals surface area contributed by atoms with E-state index in [1.165, 1.54) is 0 Å². The molecule has 2 rings (SSSR count). The summed E-state index contributed by atoms with van der Waals surface area (Å²) < 4.78 is 0. The van der Waals surface area contributed by atoms with Gasteiger partial charge in [0.1, 0.15) is 6.04 Å². The van der Waals surface area contributed by atoms with E-state index >= 15 is 0 Å². The number of hydrogen-bond acceptors (Lipinski definition) is 3. The lowest BCUT2D eigenvalue weighted by molar-refractivity contribution is -0.125. The van der Waals surface area contributed by atoms with Gasteiger partial charge in [0.05, 0.1) is 0 Å².